The van der Waals surface area contributed by atoms with Gasteiger partial charge in [0.15, 0.2) is 0 Å². The number of carbonyl (C=O) groups excluding carboxylic acids is 1. The second-order valence-corrected chi connectivity index (χ2v) is 16.7. The molecule has 0 N–H and O–H groups in total. The van der Waals surface area contributed by atoms with Gasteiger partial charge in [-0.05, 0) is 53.0 Å². The number of amides is 1. The van der Waals surface area contributed by atoms with E-state index in [2.05, 4.69) is 75.6 Å². The SMILES string of the molecule is CC(C)[Si](OC(=O)N1c2ccc(N(C)C)cc2Sc2cc(N(C)C)ccc21)(C(C)C)C(C)C. The minimum Gasteiger partial charge on any atom is -0.502 e. The molecule has 1 aliphatic rings. The van der Waals surface area contributed by atoms with E-state index in [9.17, 15) is 4.79 Å². The van der Waals surface area contributed by atoms with Gasteiger partial charge in [0.05, 0.1) is 11.4 Å². The first kappa shape index (κ1) is 25.5. The standard InChI is InChI=1S/C26H39N3O2SSi/c1-17(2)33(18(3)4,19(5)6)31-26(30)29-22-13-11-20(27(7)8)15-24(22)32-25-16-21(28(9)10)12-14-23(25)29/h11-19H,1-10H3. The van der Waals surface area contributed by atoms with Crippen LogP contribution in [0.1, 0.15) is 41.5 Å². The van der Waals surface area contributed by atoms with Crippen molar-refractivity contribution >= 4 is 48.9 Å². The third kappa shape index (κ3) is 4.62. The average molecular weight is 486 g/mol. The lowest BCUT2D eigenvalue weighted by atomic mass is 10.2. The van der Waals surface area contributed by atoms with Gasteiger partial charge in [0.25, 0.3) is 8.32 Å². The number of hydrogen-bond donors (Lipinski definition) is 0. The minimum absolute atomic E-state index is 0.254. The first-order valence-corrected chi connectivity index (χ1v) is 14.7. The number of fused-ring (bicyclic) bond motifs is 2. The van der Waals surface area contributed by atoms with Crippen LogP contribution in [0.25, 0.3) is 0 Å². The number of carbonyl (C=O) groups is 1. The third-order valence-electron chi connectivity index (χ3n) is 6.78. The van der Waals surface area contributed by atoms with Crippen LogP contribution in [-0.4, -0.2) is 42.6 Å². The van der Waals surface area contributed by atoms with Crippen molar-refractivity contribution in [2.75, 3.05) is 42.9 Å². The second-order valence-electron chi connectivity index (χ2n) is 10.2. The molecule has 0 aliphatic carbocycles. The van der Waals surface area contributed by atoms with Gasteiger partial charge < -0.3 is 14.2 Å². The summed E-state index contributed by atoms with van der Waals surface area (Å²) < 4.78 is 6.63. The number of nitrogens with zero attached hydrogens (tertiary/aromatic N) is 3. The molecule has 0 saturated carbocycles. The fourth-order valence-electron chi connectivity index (χ4n) is 5.09. The monoisotopic (exact) mass is 485 g/mol. The maximum absolute atomic E-state index is 14.0. The molecule has 1 heterocycles. The van der Waals surface area contributed by atoms with E-state index in [0.717, 1.165) is 32.5 Å². The molecule has 0 radical (unpaired) electrons. The molecule has 0 fully saturated rings. The van der Waals surface area contributed by atoms with Crippen molar-refractivity contribution in [2.24, 2.45) is 0 Å². The third-order valence-corrected chi connectivity index (χ3v) is 13.8. The summed E-state index contributed by atoms with van der Waals surface area (Å²) in [4.78, 5) is 22.1. The van der Waals surface area contributed by atoms with Crippen LogP contribution in [0.5, 0.6) is 0 Å². The Kier molecular flexibility index (Phi) is 7.44. The summed E-state index contributed by atoms with van der Waals surface area (Å²) in [5.41, 5.74) is 4.97. The molecule has 2 aromatic carbocycles. The van der Waals surface area contributed by atoms with Crippen molar-refractivity contribution in [1.82, 2.24) is 0 Å². The fourth-order valence-corrected chi connectivity index (χ4v) is 11.3. The van der Waals surface area contributed by atoms with Crippen LogP contribution < -0.4 is 14.7 Å². The fraction of sp³-hybridized carbons (Fsp3) is 0.500. The largest absolute Gasteiger partial charge is 0.502 e. The smallest absolute Gasteiger partial charge is 0.405 e. The molecule has 1 amide bonds. The van der Waals surface area contributed by atoms with E-state index in [1.54, 1.807) is 16.7 Å². The number of hydrogen-bond acceptors (Lipinski definition) is 5. The highest BCUT2D eigenvalue weighted by Crippen LogP contribution is 2.51. The van der Waals surface area contributed by atoms with Crippen molar-refractivity contribution < 1.29 is 9.22 Å². The quantitative estimate of drug-likeness (QED) is 0.391. The second kappa shape index (κ2) is 9.62. The summed E-state index contributed by atoms with van der Waals surface area (Å²) in [7, 11) is 5.75. The molecular formula is C26H39N3O2SSi. The van der Waals surface area contributed by atoms with E-state index in [4.69, 9.17) is 4.43 Å². The topological polar surface area (TPSA) is 36.0 Å². The summed E-state index contributed by atoms with van der Waals surface area (Å²) in [5, 5.41) is 0. The van der Waals surface area contributed by atoms with Crippen molar-refractivity contribution in [3.05, 3.63) is 36.4 Å². The lowest BCUT2D eigenvalue weighted by Gasteiger charge is -2.43. The zero-order valence-corrected chi connectivity index (χ0v) is 23.6. The van der Waals surface area contributed by atoms with Crippen LogP contribution in [0, 0.1) is 0 Å². The van der Waals surface area contributed by atoms with Crippen LogP contribution in [0.4, 0.5) is 27.5 Å². The average Bonchev–Trinajstić information content (AvgIpc) is 2.73. The van der Waals surface area contributed by atoms with Gasteiger partial charge in [-0.1, -0.05) is 53.3 Å². The lowest BCUT2D eigenvalue weighted by molar-refractivity contribution is 0.203. The Morgan fingerprint density at radius 2 is 1.18 bits per heavy atom. The first-order chi connectivity index (χ1) is 15.4. The van der Waals surface area contributed by atoms with Gasteiger partial charge in [-0.15, -0.1) is 0 Å². The van der Waals surface area contributed by atoms with Crippen LogP contribution >= 0.6 is 11.8 Å². The van der Waals surface area contributed by atoms with Gasteiger partial charge in [0.2, 0.25) is 0 Å². The number of anilines is 4. The molecule has 7 heteroatoms. The van der Waals surface area contributed by atoms with Gasteiger partial charge in [-0.25, -0.2) is 9.69 Å². The Balaban J connectivity index is 2.15. The summed E-state index contributed by atoms with van der Waals surface area (Å²) in [5.74, 6) is 0. The minimum atomic E-state index is -2.39. The molecule has 1 aliphatic heterocycles. The van der Waals surface area contributed by atoms with Crippen molar-refractivity contribution in [3.63, 3.8) is 0 Å². The van der Waals surface area contributed by atoms with E-state index in [0.29, 0.717) is 16.6 Å². The number of rotatable bonds is 6. The summed E-state index contributed by atoms with van der Waals surface area (Å²) in [6.45, 7) is 13.3. The molecule has 180 valence electrons. The van der Waals surface area contributed by atoms with E-state index in [1.807, 2.05) is 40.3 Å². The molecule has 2 aromatic rings. The summed E-state index contributed by atoms with van der Waals surface area (Å²) in [6.07, 6.45) is -0.254. The first-order valence-electron chi connectivity index (χ1n) is 11.7. The van der Waals surface area contributed by atoms with E-state index in [-0.39, 0.29) is 6.09 Å². The Hall–Kier alpha value is -2.12. The maximum atomic E-state index is 14.0. The van der Waals surface area contributed by atoms with Gasteiger partial charge in [0, 0.05) is 49.4 Å². The van der Waals surface area contributed by atoms with Gasteiger partial charge in [-0.3, -0.25) is 0 Å². The predicted molar refractivity (Wildman–Crippen MR) is 145 cm³/mol. The normalized spacial score (nSPS) is 13.3. The van der Waals surface area contributed by atoms with Crippen LogP contribution in [-0.2, 0) is 4.43 Å². The van der Waals surface area contributed by atoms with Gasteiger partial charge in [0.1, 0.15) is 0 Å². The molecule has 0 aromatic heterocycles. The molecule has 5 nitrogen and oxygen atoms in total. The van der Waals surface area contributed by atoms with Crippen molar-refractivity contribution in [3.8, 4) is 0 Å². The molecule has 0 saturated heterocycles. The zero-order valence-electron chi connectivity index (χ0n) is 21.8. The molecule has 0 atom stereocenters. The maximum Gasteiger partial charge on any atom is 0.405 e. The van der Waals surface area contributed by atoms with Crippen LogP contribution in [0.3, 0.4) is 0 Å². The molecule has 0 bridgehead atoms. The molecule has 33 heavy (non-hydrogen) atoms. The Morgan fingerprint density at radius 3 is 1.52 bits per heavy atom. The lowest BCUT2D eigenvalue weighted by Crippen LogP contribution is -2.51. The molecule has 3 rings (SSSR count). The molecule has 0 spiro atoms. The van der Waals surface area contributed by atoms with Crippen LogP contribution in [0.15, 0.2) is 46.2 Å². The van der Waals surface area contributed by atoms with Crippen molar-refractivity contribution in [1.29, 1.82) is 0 Å². The molecule has 0 unspecified atom stereocenters. The summed E-state index contributed by atoms with van der Waals surface area (Å²) in [6, 6.07) is 12.5. The molecular weight excluding hydrogens is 446 g/mol. The Bertz CT molecular complexity index is 941. The Morgan fingerprint density at radius 1 is 0.788 bits per heavy atom. The van der Waals surface area contributed by atoms with Crippen LogP contribution in [0.2, 0.25) is 16.6 Å². The highest BCUT2D eigenvalue weighted by atomic mass is 32.2. The van der Waals surface area contributed by atoms with Gasteiger partial charge >= 0.3 is 6.09 Å². The van der Waals surface area contributed by atoms with Gasteiger partial charge in [-0.2, -0.15) is 0 Å². The zero-order chi connectivity index (χ0) is 24.7. The highest BCUT2D eigenvalue weighted by molar-refractivity contribution is 7.99. The van der Waals surface area contributed by atoms with E-state index < -0.39 is 8.32 Å². The predicted octanol–water partition coefficient (Wildman–Crippen LogP) is 7.73. The highest BCUT2D eigenvalue weighted by Gasteiger charge is 2.49. The Labute approximate surface area is 205 Å². The van der Waals surface area contributed by atoms with E-state index >= 15 is 0 Å². The van der Waals surface area contributed by atoms with E-state index in [1.165, 1.54) is 0 Å². The summed E-state index contributed by atoms with van der Waals surface area (Å²) >= 11 is 1.71. The number of benzene rings is 2. The van der Waals surface area contributed by atoms with Crippen molar-refractivity contribution in [2.45, 2.75) is 68.0 Å².